The van der Waals surface area contributed by atoms with Crippen molar-refractivity contribution in [2.45, 2.75) is 52.5 Å². The summed E-state index contributed by atoms with van der Waals surface area (Å²) in [4.78, 5) is 8.75. The lowest BCUT2D eigenvalue weighted by Crippen LogP contribution is -2.30. The molecule has 1 aromatic rings. The summed E-state index contributed by atoms with van der Waals surface area (Å²) in [6.45, 7) is 6.64. The van der Waals surface area contributed by atoms with Gasteiger partial charge in [-0.05, 0) is 38.0 Å². The highest BCUT2D eigenvalue weighted by Gasteiger charge is 2.27. The van der Waals surface area contributed by atoms with Crippen LogP contribution in [0.4, 0.5) is 5.95 Å². The Bertz CT molecular complexity index is 408. The van der Waals surface area contributed by atoms with Gasteiger partial charge in [-0.1, -0.05) is 13.8 Å². The van der Waals surface area contributed by atoms with Crippen LogP contribution in [0.15, 0.2) is 6.07 Å². The van der Waals surface area contributed by atoms with Crippen LogP contribution in [0.5, 0.6) is 5.88 Å². The molecule has 0 aromatic carbocycles. The van der Waals surface area contributed by atoms with E-state index < -0.39 is 0 Å². The Balaban J connectivity index is 2.00. The average Bonchev–Trinajstić information content (AvgIpc) is 2.31. The van der Waals surface area contributed by atoms with Crippen molar-refractivity contribution in [2.75, 3.05) is 12.4 Å². The Kier molecular flexibility index (Phi) is 3.73. The molecule has 4 heteroatoms. The van der Waals surface area contributed by atoms with E-state index in [1.165, 1.54) is 25.7 Å². The highest BCUT2D eigenvalue weighted by atomic mass is 16.5. The monoisotopic (exact) mass is 249 g/mol. The van der Waals surface area contributed by atoms with Crippen molar-refractivity contribution in [3.8, 4) is 5.88 Å². The Morgan fingerprint density at radius 2 is 1.94 bits per heavy atom. The van der Waals surface area contributed by atoms with Gasteiger partial charge in [-0.3, -0.25) is 0 Å². The number of rotatable bonds is 3. The van der Waals surface area contributed by atoms with Gasteiger partial charge in [-0.2, -0.15) is 4.98 Å². The molecular formula is C14H23N3O. The van der Waals surface area contributed by atoms with Crippen LogP contribution >= 0.6 is 0 Å². The lowest BCUT2D eigenvalue weighted by atomic mass is 9.76. The predicted molar refractivity (Wildman–Crippen MR) is 73.0 cm³/mol. The Labute approximate surface area is 109 Å². The molecule has 0 bridgehead atoms. The van der Waals surface area contributed by atoms with Gasteiger partial charge in [-0.25, -0.2) is 4.98 Å². The molecule has 1 aliphatic rings. The molecule has 1 N–H and O–H groups in total. The van der Waals surface area contributed by atoms with Crippen molar-refractivity contribution in [1.29, 1.82) is 0 Å². The zero-order valence-corrected chi connectivity index (χ0v) is 11.8. The normalized spacial score (nSPS) is 19.6. The molecule has 1 saturated carbocycles. The second-order valence-corrected chi connectivity index (χ2v) is 5.96. The number of aryl methyl sites for hydroxylation is 1. The summed E-state index contributed by atoms with van der Waals surface area (Å²) in [6.07, 6.45) is 4.89. The van der Waals surface area contributed by atoms with Gasteiger partial charge in [0.25, 0.3) is 0 Å². The van der Waals surface area contributed by atoms with Crippen molar-refractivity contribution in [3.63, 3.8) is 0 Å². The number of aromatic nitrogens is 2. The average molecular weight is 249 g/mol. The maximum atomic E-state index is 5.17. The number of anilines is 1. The second kappa shape index (κ2) is 5.12. The number of methoxy groups -OCH3 is 1. The van der Waals surface area contributed by atoms with Crippen LogP contribution in [0, 0.1) is 12.3 Å². The predicted octanol–water partition coefficient (Wildman–Crippen LogP) is 3.17. The van der Waals surface area contributed by atoms with Gasteiger partial charge in [0.05, 0.1) is 7.11 Å². The molecule has 0 saturated heterocycles. The van der Waals surface area contributed by atoms with Gasteiger partial charge in [0.15, 0.2) is 0 Å². The fraction of sp³-hybridized carbons (Fsp3) is 0.714. The SMILES string of the molecule is COc1cc(C)nc(NC2CCC(C)(C)CC2)n1. The molecule has 0 unspecified atom stereocenters. The molecule has 0 atom stereocenters. The van der Waals surface area contributed by atoms with Crippen LogP contribution < -0.4 is 10.1 Å². The fourth-order valence-corrected chi connectivity index (χ4v) is 2.43. The molecule has 1 fully saturated rings. The summed E-state index contributed by atoms with van der Waals surface area (Å²) >= 11 is 0. The minimum Gasteiger partial charge on any atom is -0.481 e. The van der Waals surface area contributed by atoms with Gasteiger partial charge in [-0.15, -0.1) is 0 Å². The van der Waals surface area contributed by atoms with Crippen molar-refractivity contribution in [2.24, 2.45) is 5.41 Å². The van der Waals surface area contributed by atoms with E-state index >= 15 is 0 Å². The first kappa shape index (κ1) is 13.1. The van der Waals surface area contributed by atoms with Gasteiger partial charge in [0, 0.05) is 17.8 Å². The molecule has 1 aliphatic carbocycles. The summed E-state index contributed by atoms with van der Waals surface area (Å²) in [5, 5.41) is 3.43. The maximum absolute atomic E-state index is 5.17. The van der Waals surface area contributed by atoms with E-state index in [4.69, 9.17) is 4.74 Å². The third-order valence-corrected chi connectivity index (χ3v) is 3.71. The third-order valence-electron chi connectivity index (χ3n) is 3.71. The Hall–Kier alpha value is -1.32. The Morgan fingerprint density at radius 3 is 2.56 bits per heavy atom. The van der Waals surface area contributed by atoms with Crippen LogP contribution in [-0.4, -0.2) is 23.1 Å². The van der Waals surface area contributed by atoms with Crippen LogP contribution in [0.2, 0.25) is 0 Å². The first-order chi connectivity index (χ1) is 8.48. The summed E-state index contributed by atoms with van der Waals surface area (Å²) in [5.74, 6) is 1.32. The summed E-state index contributed by atoms with van der Waals surface area (Å²) in [7, 11) is 1.63. The van der Waals surface area contributed by atoms with Crippen LogP contribution in [-0.2, 0) is 0 Å². The largest absolute Gasteiger partial charge is 0.481 e. The van der Waals surface area contributed by atoms with E-state index in [0.29, 0.717) is 23.3 Å². The lowest BCUT2D eigenvalue weighted by molar-refractivity contribution is 0.232. The first-order valence-electron chi connectivity index (χ1n) is 6.65. The fourth-order valence-electron chi connectivity index (χ4n) is 2.43. The minimum atomic E-state index is 0.489. The molecule has 2 rings (SSSR count). The summed E-state index contributed by atoms with van der Waals surface area (Å²) < 4.78 is 5.17. The molecule has 0 amide bonds. The molecule has 1 heterocycles. The molecule has 1 aromatic heterocycles. The van der Waals surface area contributed by atoms with Crippen LogP contribution in [0.25, 0.3) is 0 Å². The van der Waals surface area contributed by atoms with E-state index in [-0.39, 0.29) is 0 Å². The topological polar surface area (TPSA) is 47.0 Å². The van der Waals surface area contributed by atoms with Crippen molar-refractivity contribution in [3.05, 3.63) is 11.8 Å². The highest BCUT2D eigenvalue weighted by molar-refractivity contribution is 5.31. The van der Waals surface area contributed by atoms with E-state index in [2.05, 4.69) is 29.1 Å². The van der Waals surface area contributed by atoms with E-state index in [1.54, 1.807) is 7.11 Å². The van der Waals surface area contributed by atoms with E-state index in [1.807, 2.05) is 13.0 Å². The smallest absolute Gasteiger partial charge is 0.226 e. The Morgan fingerprint density at radius 1 is 1.28 bits per heavy atom. The number of hydrogen-bond acceptors (Lipinski definition) is 4. The van der Waals surface area contributed by atoms with Crippen molar-refractivity contribution >= 4 is 5.95 Å². The van der Waals surface area contributed by atoms with Gasteiger partial charge >= 0.3 is 0 Å². The van der Waals surface area contributed by atoms with Gasteiger partial charge < -0.3 is 10.1 Å². The van der Waals surface area contributed by atoms with Crippen molar-refractivity contribution < 1.29 is 4.74 Å². The van der Waals surface area contributed by atoms with Gasteiger partial charge in [0.2, 0.25) is 11.8 Å². The van der Waals surface area contributed by atoms with Crippen LogP contribution in [0.1, 0.15) is 45.2 Å². The summed E-state index contributed by atoms with van der Waals surface area (Å²) in [5.41, 5.74) is 1.42. The lowest BCUT2D eigenvalue weighted by Gasteiger charge is -2.34. The van der Waals surface area contributed by atoms with Gasteiger partial charge in [0.1, 0.15) is 0 Å². The highest BCUT2D eigenvalue weighted by Crippen LogP contribution is 2.35. The second-order valence-electron chi connectivity index (χ2n) is 5.96. The zero-order valence-electron chi connectivity index (χ0n) is 11.8. The maximum Gasteiger partial charge on any atom is 0.226 e. The number of nitrogens with one attached hydrogen (secondary N) is 1. The molecule has 100 valence electrons. The van der Waals surface area contributed by atoms with E-state index in [9.17, 15) is 0 Å². The molecule has 4 nitrogen and oxygen atoms in total. The molecule has 18 heavy (non-hydrogen) atoms. The molecule has 0 spiro atoms. The molecule has 0 aliphatic heterocycles. The molecular weight excluding hydrogens is 226 g/mol. The van der Waals surface area contributed by atoms with E-state index in [0.717, 1.165) is 5.69 Å². The zero-order chi connectivity index (χ0) is 13.2. The van der Waals surface area contributed by atoms with Crippen molar-refractivity contribution in [1.82, 2.24) is 9.97 Å². The third kappa shape index (κ3) is 3.34. The minimum absolute atomic E-state index is 0.489. The van der Waals surface area contributed by atoms with Crippen LogP contribution in [0.3, 0.4) is 0 Å². The number of hydrogen-bond donors (Lipinski definition) is 1. The number of ether oxygens (including phenoxy) is 1. The summed E-state index contributed by atoms with van der Waals surface area (Å²) in [6, 6.07) is 2.33. The first-order valence-corrected chi connectivity index (χ1v) is 6.65. The quantitative estimate of drug-likeness (QED) is 0.893. The molecule has 0 radical (unpaired) electrons. The standard InChI is InChI=1S/C14H23N3O/c1-10-9-12(18-4)17-13(15-10)16-11-5-7-14(2,3)8-6-11/h9,11H,5-8H2,1-4H3,(H,15,16,17). The number of nitrogens with zero attached hydrogens (tertiary/aromatic N) is 2.